The van der Waals surface area contributed by atoms with Gasteiger partial charge >= 0.3 is 6.18 Å². The summed E-state index contributed by atoms with van der Waals surface area (Å²) in [4.78, 5) is 19.8. The van der Waals surface area contributed by atoms with Crippen LogP contribution in [0.3, 0.4) is 0 Å². The largest absolute Gasteiger partial charge is 0.416 e. The van der Waals surface area contributed by atoms with E-state index in [1.54, 1.807) is 16.9 Å². The molecule has 0 aliphatic carbocycles. The molecule has 1 amide bonds. The Morgan fingerprint density at radius 2 is 1.84 bits per heavy atom. The van der Waals surface area contributed by atoms with Crippen molar-refractivity contribution in [2.45, 2.75) is 32.0 Å². The van der Waals surface area contributed by atoms with E-state index in [9.17, 15) is 18.0 Å². The van der Waals surface area contributed by atoms with Crippen LogP contribution in [-0.2, 0) is 6.18 Å². The molecule has 0 bridgehead atoms. The highest BCUT2D eigenvalue weighted by Gasteiger charge is 2.32. The average molecular weight is 509 g/mol. The first-order valence-electron chi connectivity index (χ1n) is 12.2. The van der Waals surface area contributed by atoms with Gasteiger partial charge in [0.2, 0.25) is 0 Å². The number of halogens is 3. The predicted molar refractivity (Wildman–Crippen MR) is 137 cm³/mol. The van der Waals surface area contributed by atoms with Crippen molar-refractivity contribution in [1.29, 1.82) is 0 Å². The van der Waals surface area contributed by atoms with Gasteiger partial charge in [-0.3, -0.25) is 4.79 Å². The number of nitrogens with zero attached hydrogens (tertiary/aromatic N) is 4. The number of nitrogens with one attached hydrogen (secondary N) is 2. The van der Waals surface area contributed by atoms with Gasteiger partial charge in [-0.1, -0.05) is 37.3 Å². The van der Waals surface area contributed by atoms with E-state index < -0.39 is 17.6 Å². The minimum atomic E-state index is -4.53. The number of amides is 1. The highest BCUT2D eigenvalue weighted by Crippen LogP contribution is 2.36. The minimum Gasteiger partial charge on any atom is -0.370 e. The van der Waals surface area contributed by atoms with Crippen LogP contribution in [0.15, 0.2) is 67.0 Å². The third-order valence-corrected chi connectivity index (χ3v) is 6.59. The van der Waals surface area contributed by atoms with Crippen molar-refractivity contribution in [3.63, 3.8) is 0 Å². The Bertz CT molecular complexity index is 1390. The quantitative estimate of drug-likeness (QED) is 0.372. The molecule has 1 aliphatic rings. The molecule has 4 aromatic rings. The van der Waals surface area contributed by atoms with Crippen molar-refractivity contribution < 1.29 is 18.0 Å². The molecule has 2 aromatic heterocycles. The van der Waals surface area contributed by atoms with Crippen molar-refractivity contribution >= 4 is 22.9 Å². The molecule has 2 N–H and O–H groups in total. The van der Waals surface area contributed by atoms with Crippen molar-refractivity contribution in [2.75, 3.05) is 29.9 Å². The van der Waals surface area contributed by atoms with Crippen molar-refractivity contribution in [3.8, 4) is 11.1 Å². The number of aromatic nitrogens is 3. The van der Waals surface area contributed by atoms with Crippen LogP contribution in [-0.4, -0.2) is 46.2 Å². The third-order valence-electron chi connectivity index (χ3n) is 6.59. The highest BCUT2D eigenvalue weighted by molar-refractivity contribution is 6.05. The lowest BCUT2D eigenvalue weighted by molar-refractivity contribution is -0.137. The molecular weight excluding hydrogens is 481 g/mol. The molecule has 10 heteroatoms. The number of carbonyl (C=O) groups is 1. The maximum atomic E-state index is 13.5. The summed E-state index contributed by atoms with van der Waals surface area (Å²) in [5, 5.41) is 10.4. The van der Waals surface area contributed by atoms with E-state index in [4.69, 9.17) is 0 Å². The molecule has 3 heterocycles. The Hall–Kier alpha value is -3.92. The van der Waals surface area contributed by atoms with Gasteiger partial charge in [0.1, 0.15) is 5.69 Å². The average Bonchev–Trinajstić information content (AvgIpc) is 3.33. The van der Waals surface area contributed by atoms with Crippen LogP contribution < -0.4 is 15.5 Å². The Balaban J connectivity index is 1.45. The van der Waals surface area contributed by atoms with Gasteiger partial charge in [0.05, 0.1) is 23.1 Å². The summed E-state index contributed by atoms with van der Waals surface area (Å²) in [5.41, 5.74) is 2.06. The first-order chi connectivity index (χ1) is 17.8. The maximum absolute atomic E-state index is 13.5. The summed E-state index contributed by atoms with van der Waals surface area (Å²) in [7, 11) is 0. The van der Waals surface area contributed by atoms with E-state index in [-0.39, 0.29) is 11.4 Å². The first-order valence-corrected chi connectivity index (χ1v) is 12.2. The van der Waals surface area contributed by atoms with E-state index in [1.807, 2.05) is 42.2 Å². The molecule has 0 unspecified atom stereocenters. The van der Waals surface area contributed by atoms with E-state index in [0.717, 1.165) is 42.6 Å². The summed E-state index contributed by atoms with van der Waals surface area (Å²) in [5.74, 6) is -0.592. The molecule has 0 atom stereocenters. The Morgan fingerprint density at radius 1 is 1.08 bits per heavy atom. The number of carbonyl (C=O) groups excluding carboxylic acids is 1. The molecule has 7 nitrogen and oxygen atoms in total. The zero-order chi connectivity index (χ0) is 26.0. The van der Waals surface area contributed by atoms with E-state index in [1.165, 1.54) is 12.1 Å². The van der Waals surface area contributed by atoms with E-state index in [2.05, 4.69) is 20.7 Å². The molecule has 5 rings (SSSR count). The van der Waals surface area contributed by atoms with Crippen LogP contribution in [0.2, 0.25) is 0 Å². The van der Waals surface area contributed by atoms with E-state index in [0.29, 0.717) is 30.5 Å². The number of anilines is 2. The van der Waals surface area contributed by atoms with E-state index >= 15 is 0 Å². The number of hydrogen-bond acceptors (Lipinski definition) is 5. The lowest BCUT2D eigenvalue weighted by Gasteiger charge is -2.35. The summed E-state index contributed by atoms with van der Waals surface area (Å²) < 4.78 is 42.1. The fourth-order valence-corrected chi connectivity index (χ4v) is 4.70. The molecule has 0 spiro atoms. The molecule has 0 saturated carbocycles. The SMILES string of the molecule is CCNC1CCN(c2ccc(C(F)(F)F)cc2NC(=O)c2ccn3ncc(-c4ccccc4)c3n2)CC1. The number of alkyl halides is 3. The standard InChI is InChI=1S/C27H27F3N6O/c1-2-31-20-10-13-35(14-11-20)24-9-8-19(27(28,29)30)16-23(24)34-26(37)22-12-15-36-25(33-22)21(17-32-36)18-6-4-3-5-7-18/h3-9,12,15-17,20,31H,2,10-11,13-14H2,1H3,(H,34,37). The first kappa shape index (κ1) is 24.8. The van der Waals surface area contributed by atoms with Crippen LogP contribution in [0.25, 0.3) is 16.8 Å². The number of rotatable bonds is 6. The molecule has 37 heavy (non-hydrogen) atoms. The summed E-state index contributed by atoms with van der Waals surface area (Å²) in [6.07, 6.45) is 0.479. The van der Waals surface area contributed by atoms with Crippen LogP contribution in [0.5, 0.6) is 0 Å². The Labute approximate surface area is 212 Å². The lowest BCUT2D eigenvalue weighted by atomic mass is 10.0. The second-order valence-electron chi connectivity index (χ2n) is 9.01. The predicted octanol–water partition coefficient (Wildman–Crippen LogP) is 5.25. The minimum absolute atomic E-state index is 0.0828. The molecule has 2 aromatic carbocycles. The number of benzene rings is 2. The maximum Gasteiger partial charge on any atom is 0.416 e. The van der Waals surface area contributed by atoms with Gasteiger partial charge in [-0.15, -0.1) is 0 Å². The van der Waals surface area contributed by atoms with Crippen LogP contribution in [0, 0.1) is 0 Å². The van der Waals surface area contributed by atoms with Gasteiger partial charge in [0, 0.05) is 30.9 Å². The highest BCUT2D eigenvalue weighted by atomic mass is 19.4. The fraction of sp³-hybridized carbons (Fsp3) is 0.296. The molecule has 1 aliphatic heterocycles. The molecule has 0 radical (unpaired) electrons. The third kappa shape index (κ3) is 5.29. The van der Waals surface area contributed by atoms with Crippen LogP contribution >= 0.6 is 0 Å². The van der Waals surface area contributed by atoms with Gasteiger partial charge in [0.25, 0.3) is 5.91 Å². The summed E-state index contributed by atoms with van der Waals surface area (Å²) in [6.45, 7) is 4.26. The normalized spacial score (nSPS) is 14.8. The number of hydrogen-bond donors (Lipinski definition) is 2. The number of fused-ring (bicyclic) bond motifs is 1. The Morgan fingerprint density at radius 3 is 2.54 bits per heavy atom. The second kappa shape index (κ2) is 10.2. The smallest absolute Gasteiger partial charge is 0.370 e. The van der Waals surface area contributed by atoms with Gasteiger partial charge in [-0.05, 0) is 49.2 Å². The van der Waals surface area contributed by atoms with Gasteiger partial charge in [0.15, 0.2) is 5.65 Å². The summed E-state index contributed by atoms with van der Waals surface area (Å²) >= 11 is 0. The zero-order valence-electron chi connectivity index (χ0n) is 20.3. The molecule has 192 valence electrons. The molecule has 1 fully saturated rings. The monoisotopic (exact) mass is 508 g/mol. The van der Waals surface area contributed by atoms with Crippen molar-refractivity contribution in [2.24, 2.45) is 0 Å². The molecule has 1 saturated heterocycles. The van der Waals surface area contributed by atoms with Crippen LogP contribution in [0.4, 0.5) is 24.5 Å². The topological polar surface area (TPSA) is 74.6 Å². The van der Waals surface area contributed by atoms with Crippen molar-refractivity contribution in [1.82, 2.24) is 19.9 Å². The van der Waals surface area contributed by atoms with Gasteiger partial charge in [-0.25, -0.2) is 9.50 Å². The summed E-state index contributed by atoms with van der Waals surface area (Å²) in [6, 6.07) is 14.9. The Kier molecular flexibility index (Phi) is 6.84. The lowest BCUT2D eigenvalue weighted by Crippen LogP contribution is -2.42. The number of piperidine rings is 1. The van der Waals surface area contributed by atoms with Crippen molar-refractivity contribution in [3.05, 3.63) is 78.2 Å². The van der Waals surface area contributed by atoms with Gasteiger partial charge < -0.3 is 15.5 Å². The zero-order valence-corrected chi connectivity index (χ0v) is 20.3. The fourth-order valence-electron chi connectivity index (χ4n) is 4.70. The second-order valence-corrected chi connectivity index (χ2v) is 9.01. The van der Waals surface area contributed by atoms with Crippen LogP contribution in [0.1, 0.15) is 35.8 Å². The molecular formula is C27H27F3N6O. The van der Waals surface area contributed by atoms with Gasteiger partial charge in [-0.2, -0.15) is 18.3 Å².